The number of benzene rings is 10. The van der Waals surface area contributed by atoms with Crippen molar-refractivity contribution in [1.82, 2.24) is 19.6 Å². The third-order valence-corrected chi connectivity index (χ3v) is 25.0. The number of guanidine groups is 4. The van der Waals surface area contributed by atoms with E-state index >= 15 is 0 Å². The zero-order chi connectivity index (χ0) is 89.4. The Kier molecular flexibility index (Phi) is 24.3. The van der Waals surface area contributed by atoms with Gasteiger partial charge in [-0.15, -0.1) is 0 Å². The molecule has 0 aromatic heterocycles. The van der Waals surface area contributed by atoms with E-state index in [9.17, 15) is 38.5 Å². The summed E-state index contributed by atoms with van der Waals surface area (Å²) in [6, 6.07) is 79.0. The Labute approximate surface area is 724 Å². The maximum Gasteiger partial charge on any atom is 0.239 e. The molecule has 2 saturated carbocycles. The quantitative estimate of drug-likeness (QED) is 0.0887. The first-order valence-corrected chi connectivity index (χ1v) is 41.3. The number of amides is 4. The number of rotatable bonds is 12. The third kappa shape index (κ3) is 17.7. The van der Waals surface area contributed by atoms with E-state index in [-0.39, 0.29) is 69.4 Å². The second kappa shape index (κ2) is 34.4. The van der Waals surface area contributed by atoms with E-state index in [1.807, 2.05) is 161 Å². The van der Waals surface area contributed by atoms with Gasteiger partial charge >= 0.3 is 0 Å². The molecule has 22 heteroatoms. The van der Waals surface area contributed by atoms with E-state index < -0.39 is 57.5 Å². The minimum Gasteiger partial charge on any atom is -0.369 e. The van der Waals surface area contributed by atoms with E-state index in [0.717, 1.165) is 55.6 Å². The Hall–Kier alpha value is -14.2. The molecule has 0 spiro atoms. The number of carbonyl (C=O) groups is 4. The Morgan fingerprint density at radius 1 is 0.323 bits per heavy atom. The lowest BCUT2D eigenvalue weighted by molar-refractivity contribution is -0.131. The monoisotopic (exact) mass is 1650 g/mol. The predicted molar refractivity (Wildman–Crippen MR) is 480 cm³/mol. The van der Waals surface area contributed by atoms with Crippen molar-refractivity contribution in [3.8, 4) is 46.5 Å². The fourth-order valence-electron chi connectivity index (χ4n) is 17.0. The van der Waals surface area contributed by atoms with Crippen molar-refractivity contribution >= 4 is 47.5 Å². The average Bonchev–Trinajstić information content (AvgIpc) is 1.11. The standard InChI is InChI=1S/2C28H25FN4O.2C23H26N4O/c2*1-28(23-5-3-4-21(14-23)22-12-17(16-30)13-24(29)15-22)25(26(34)33(2)27(31)32-28)20-10-8-19(9-11-20)18-6-7-18;2*1-22(2,3)17-12-8-16(9-13-17)19-20(28)27(5)21(25)26-23(19,4)18-10-6-15(14-24)7-11-18/h2*3-5,8-15,18,25H,6-7H2,1-2H3,(H2,31,32);2*6-13,19H,1-5H3,(H2,25,26)/t25-,28+;25-,28-;19-,23+;19-,23-/m0101/s1. The molecule has 628 valence electrons. The lowest BCUT2D eigenvalue weighted by Crippen LogP contribution is -2.52. The highest BCUT2D eigenvalue weighted by Crippen LogP contribution is 2.51. The van der Waals surface area contributed by atoms with Gasteiger partial charge in [-0.1, -0.05) is 199 Å². The number of likely N-dealkylation sites (N-methyl/N-ethyl adjacent to an activating group) is 4. The van der Waals surface area contributed by atoms with Gasteiger partial charge in [-0.3, -0.25) is 38.8 Å². The van der Waals surface area contributed by atoms with Crippen molar-refractivity contribution in [1.29, 1.82) is 21.0 Å². The van der Waals surface area contributed by atoms with Gasteiger partial charge in [-0.25, -0.2) is 28.8 Å². The number of aliphatic imine (C=N–C) groups is 4. The summed E-state index contributed by atoms with van der Waals surface area (Å²) in [5.41, 5.74) is 37.0. The average molecular weight is 1650 g/mol. The molecule has 0 saturated heterocycles. The Bertz CT molecular complexity index is 5740. The van der Waals surface area contributed by atoms with E-state index in [4.69, 9.17) is 53.4 Å². The molecule has 8 atom stereocenters. The fourth-order valence-corrected chi connectivity index (χ4v) is 17.0. The zero-order valence-electron chi connectivity index (χ0n) is 72.3. The third-order valence-electron chi connectivity index (χ3n) is 25.0. The van der Waals surface area contributed by atoms with Crippen LogP contribution in [0.4, 0.5) is 8.78 Å². The lowest BCUT2D eigenvalue weighted by Gasteiger charge is -2.41. The van der Waals surface area contributed by atoms with Gasteiger partial charge in [0.1, 0.15) is 33.8 Å². The molecular formula is C102H102F2N16O4. The van der Waals surface area contributed by atoms with Crippen LogP contribution in [0.2, 0.25) is 0 Å². The minimum atomic E-state index is -0.962. The summed E-state index contributed by atoms with van der Waals surface area (Å²) in [6.45, 7) is 20.6. The second-order valence-corrected chi connectivity index (χ2v) is 35.6. The summed E-state index contributed by atoms with van der Waals surface area (Å²) in [5.74, 6) is -1.61. The summed E-state index contributed by atoms with van der Waals surface area (Å²) in [7, 11) is 6.57. The molecular weight excluding hydrogens is 1550 g/mol. The molecule has 124 heavy (non-hydrogen) atoms. The fraction of sp³-hybridized carbons (Fsp3) is 0.294. The molecule has 8 N–H and O–H groups in total. The molecule has 2 fully saturated rings. The molecule has 0 unspecified atom stereocenters. The molecule has 4 amide bonds. The normalized spacial score (nSPS) is 22.4. The summed E-state index contributed by atoms with van der Waals surface area (Å²) in [4.78, 5) is 78.2. The first-order chi connectivity index (χ1) is 58.7. The predicted octanol–water partition coefficient (Wildman–Crippen LogP) is 17.3. The lowest BCUT2D eigenvalue weighted by atomic mass is 9.73. The number of hydrogen-bond donors (Lipinski definition) is 4. The van der Waals surface area contributed by atoms with Crippen LogP contribution in [0.25, 0.3) is 22.3 Å². The molecule has 0 bridgehead atoms. The van der Waals surface area contributed by atoms with Crippen molar-refractivity contribution in [3.05, 3.63) is 331 Å². The van der Waals surface area contributed by atoms with Crippen LogP contribution in [-0.2, 0) is 52.2 Å². The van der Waals surface area contributed by atoms with E-state index in [1.54, 1.807) is 64.6 Å². The van der Waals surface area contributed by atoms with Crippen LogP contribution in [0.5, 0.6) is 0 Å². The van der Waals surface area contributed by atoms with Gasteiger partial charge in [0, 0.05) is 28.2 Å². The summed E-state index contributed by atoms with van der Waals surface area (Å²) < 4.78 is 28.2. The van der Waals surface area contributed by atoms with Crippen LogP contribution < -0.4 is 22.9 Å². The topological polar surface area (TPSA) is 330 Å². The van der Waals surface area contributed by atoms with Gasteiger partial charge in [-0.05, 0) is 238 Å². The number of carbonyl (C=O) groups excluding carboxylic acids is 4. The molecule has 10 aromatic carbocycles. The maximum atomic E-state index is 14.1. The van der Waals surface area contributed by atoms with Crippen LogP contribution >= 0.6 is 0 Å². The van der Waals surface area contributed by atoms with Crippen molar-refractivity contribution in [3.63, 3.8) is 0 Å². The highest BCUT2D eigenvalue weighted by atomic mass is 19.1. The molecule has 4 aliphatic heterocycles. The number of nitrogens with zero attached hydrogens (tertiary/aromatic N) is 12. The van der Waals surface area contributed by atoms with Gasteiger partial charge in [0.2, 0.25) is 23.6 Å². The Morgan fingerprint density at radius 3 is 0.823 bits per heavy atom. The van der Waals surface area contributed by atoms with Crippen LogP contribution in [0.15, 0.2) is 250 Å². The van der Waals surface area contributed by atoms with Gasteiger partial charge in [0.25, 0.3) is 0 Å². The SMILES string of the molecule is CN1C(=O)[C@@H](c2ccc(C(C)(C)C)cc2)[C@@](C)(c2ccc(C#N)cc2)N=C1N.CN1C(=O)[C@@H](c2ccc(C3CC3)cc2)[C@@](C)(c2cccc(-c3cc(F)cc(C#N)c3)c2)N=C1N.CN1C(=O)[C@H](c2ccc(C(C)(C)C)cc2)[C@@](C)(c2ccc(C#N)cc2)N=C1N.CN1C(=O)[C@H](c2ccc(C3CC3)cc2)[C@@](C)(c2cccc(-c3cc(F)cc(C#N)c3)c2)N=C1N. The van der Waals surface area contributed by atoms with Gasteiger partial charge in [-0.2, -0.15) is 21.0 Å². The van der Waals surface area contributed by atoms with Gasteiger partial charge in [0.05, 0.1) is 70.2 Å². The number of hydrogen-bond acceptors (Lipinski definition) is 16. The maximum absolute atomic E-state index is 14.1. The number of nitrogens with two attached hydrogens (primary N) is 4. The van der Waals surface area contributed by atoms with Crippen LogP contribution in [-0.4, -0.2) is 95.3 Å². The summed E-state index contributed by atoms with van der Waals surface area (Å²) in [6.07, 6.45) is 4.85. The van der Waals surface area contributed by atoms with Crippen molar-refractivity contribution in [2.45, 2.75) is 163 Å². The molecule has 20 nitrogen and oxygen atoms in total. The second-order valence-electron chi connectivity index (χ2n) is 35.6. The first-order valence-electron chi connectivity index (χ1n) is 41.3. The van der Waals surface area contributed by atoms with E-state index in [0.29, 0.717) is 34.1 Å². The highest BCUT2D eigenvalue weighted by Gasteiger charge is 2.52. The van der Waals surface area contributed by atoms with Gasteiger partial charge in [0.15, 0.2) is 23.8 Å². The Balaban J connectivity index is 0.000000143. The minimum absolute atomic E-state index is 0.0326. The smallest absolute Gasteiger partial charge is 0.239 e. The highest BCUT2D eigenvalue weighted by molar-refractivity contribution is 6.05. The van der Waals surface area contributed by atoms with Gasteiger partial charge < -0.3 is 22.9 Å². The molecule has 2 aliphatic carbocycles. The number of halogens is 2. The Morgan fingerprint density at radius 2 is 0.573 bits per heavy atom. The molecule has 0 radical (unpaired) electrons. The van der Waals surface area contributed by atoms with Crippen molar-refractivity contribution in [2.75, 3.05) is 28.2 Å². The number of nitriles is 4. The summed E-state index contributed by atoms with van der Waals surface area (Å²) in [5, 5.41) is 36.7. The van der Waals surface area contributed by atoms with Crippen molar-refractivity contribution in [2.24, 2.45) is 42.9 Å². The molecule has 4 heterocycles. The molecule has 10 aromatic rings. The van der Waals surface area contributed by atoms with Crippen LogP contribution in [0.1, 0.15) is 219 Å². The van der Waals surface area contributed by atoms with Crippen LogP contribution in [0.3, 0.4) is 0 Å². The van der Waals surface area contributed by atoms with E-state index in [1.165, 1.54) is 91.8 Å². The van der Waals surface area contributed by atoms with Crippen LogP contribution in [0, 0.1) is 57.0 Å². The zero-order valence-corrected chi connectivity index (χ0v) is 72.3. The molecule has 6 aliphatic rings. The largest absolute Gasteiger partial charge is 0.369 e. The first kappa shape index (κ1) is 87.6. The van der Waals surface area contributed by atoms with E-state index in [2.05, 4.69) is 102 Å². The van der Waals surface area contributed by atoms with Crippen molar-refractivity contribution < 1.29 is 28.0 Å². The molecule has 16 rings (SSSR count). The summed E-state index contributed by atoms with van der Waals surface area (Å²) >= 11 is 0.